The molecule has 184 valence electrons. The highest BCUT2D eigenvalue weighted by atomic mass is 19.4. The molecule has 0 atom stereocenters. The van der Waals surface area contributed by atoms with Gasteiger partial charge in [-0.1, -0.05) is 0 Å². The fourth-order valence-electron chi connectivity index (χ4n) is 3.87. The van der Waals surface area contributed by atoms with Gasteiger partial charge < -0.3 is 20.3 Å². The predicted octanol–water partition coefficient (Wildman–Crippen LogP) is 3.72. The molecule has 1 aliphatic rings. The maximum atomic E-state index is 13.3. The molecule has 35 heavy (non-hydrogen) atoms. The second-order valence-electron chi connectivity index (χ2n) is 7.89. The molecule has 0 unspecified atom stereocenters. The van der Waals surface area contributed by atoms with Crippen molar-refractivity contribution in [1.29, 1.82) is 0 Å². The van der Waals surface area contributed by atoms with E-state index in [4.69, 9.17) is 4.74 Å². The number of aromatic nitrogens is 3. The van der Waals surface area contributed by atoms with Gasteiger partial charge in [-0.2, -0.15) is 18.3 Å². The maximum absolute atomic E-state index is 13.3. The number of carbonyl (C=O) groups excluding carboxylic acids is 2. The number of carbonyl (C=O) groups is 2. The molecule has 0 bridgehead atoms. The van der Waals surface area contributed by atoms with Crippen LogP contribution in [-0.2, 0) is 15.7 Å². The van der Waals surface area contributed by atoms with Crippen LogP contribution < -0.4 is 15.5 Å². The van der Waals surface area contributed by atoms with Crippen molar-refractivity contribution in [3.63, 3.8) is 0 Å². The third-order valence-corrected chi connectivity index (χ3v) is 5.57. The average molecular weight is 488 g/mol. The fraction of sp³-hybridized carbons (Fsp3) is 0.304. The number of halogens is 3. The fourth-order valence-corrected chi connectivity index (χ4v) is 3.87. The van der Waals surface area contributed by atoms with Crippen molar-refractivity contribution in [3.05, 3.63) is 60.2 Å². The van der Waals surface area contributed by atoms with Gasteiger partial charge in [-0.05, 0) is 49.2 Å². The average Bonchev–Trinajstić information content (AvgIpc) is 3.56. The molecular weight excluding hydrogens is 465 g/mol. The molecule has 0 aliphatic carbocycles. The van der Waals surface area contributed by atoms with Crippen LogP contribution in [-0.4, -0.2) is 53.4 Å². The first-order valence-electron chi connectivity index (χ1n) is 10.8. The van der Waals surface area contributed by atoms with Crippen LogP contribution in [0.5, 0.6) is 0 Å². The number of esters is 1. The minimum absolute atomic E-state index is 0.0693. The maximum Gasteiger partial charge on any atom is 0.416 e. The van der Waals surface area contributed by atoms with E-state index in [1.165, 1.54) is 30.5 Å². The van der Waals surface area contributed by atoms with Gasteiger partial charge in [0.25, 0.3) is 0 Å². The molecule has 0 spiro atoms. The molecule has 2 aromatic carbocycles. The lowest BCUT2D eigenvalue weighted by Crippen LogP contribution is -2.25. The van der Waals surface area contributed by atoms with Gasteiger partial charge in [-0.15, -0.1) is 0 Å². The molecule has 0 saturated carbocycles. The number of hydrogen-bond acceptors (Lipinski definition) is 7. The Balaban J connectivity index is 1.56. The Morgan fingerprint density at radius 1 is 1.06 bits per heavy atom. The minimum atomic E-state index is -4.59. The smallest absolute Gasteiger partial charge is 0.416 e. The van der Waals surface area contributed by atoms with E-state index in [-0.39, 0.29) is 17.9 Å². The van der Waals surface area contributed by atoms with Crippen LogP contribution in [0.15, 0.2) is 49.1 Å². The summed E-state index contributed by atoms with van der Waals surface area (Å²) in [6.45, 7) is 1.42. The van der Waals surface area contributed by atoms with Crippen LogP contribution >= 0.6 is 0 Å². The lowest BCUT2D eigenvalue weighted by Gasteiger charge is -2.22. The normalized spacial score (nSPS) is 13.5. The van der Waals surface area contributed by atoms with E-state index in [9.17, 15) is 22.8 Å². The quantitative estimate of drug-likeness (QED) is 0.489. The lowest BCUT2D eigenvalue weighted by molar-refractivity contribution is -0.137. The van der Waals surface area contributed by atoms with Crippen molar-refractivity contribution in [2.24, 2.45) is 0 Å². The van der Waals surface area contributed by atoms with Gasteiger partial charge in [0.15, 0.2) is 0 Å². The highest BCUT2D eigenvalue weighted by Crippen LogP contribution is 2.34. The first-order valence-corrected chi connectivity index (χ1v) is 10.8. The Hall–Kier alpha value is -4.09. The van der Waals surface area contributed by atoms with Crippen LogP contribution in [0.1, 0.15) is 28.8 Å². The zero-order valence-electron chi connectivity index (χ0n) is 18.8. The summed E-state index contributed by atoms with van der Waals surface area (Å²) in [7, 11) is 1.28. The number of anilines is 3. The summed E-state index contributed by atoms with van der Waals surface area (Å²) in [5.41, 5.74) is 0.932. The van der Waals surface area contributed by atoms with Gasteiger partial charge in [0, 0.05) is 13.1 Å². The number of alkyl halides is 3. The topological polar surface area (TPSA) is 101 Å². The number of methoxy groups -OCH3 is 1. The number of nitrogens with one attached hydrogen (secondary N) is 2. The van der Waals surface area contributed by atoms with Crippen molar-refractivity contribution in [2.45, 2.75) is 19.0 Å². The molecule has 2 heterocycles. The molecule has 1 saturated heterocycles. The zero-order valence-corrected chi connectivity index (χ0v) is 18.8. The monoisotopic (exact) mass is 488 g/mol. The van der Waals surface area contributed by atoms with Gasteiger partial charge in [0.1, 0.15) is 12.7 Å². The minimum Gasteiger partial charge on any atom is -0.465 e. The molecule has 1 aromatic heterocycles. The Morgan fingerprint density at radius 3 is 2.46 bits per heavy atom. The van der Waals surface area contributed by atoms with Gasteiger partial charge in [0.05, 0.1) is 47.5 Å². The second kappa shape index (κ2) is 10.0. The van der Waals surface area contributed by atoms with Crippen molar-refractivity contribution in [3.8, 4) is 5.69 Å². The number of hydrogen-bond donors (Lipinski definition) is 2. The molecule has 4 rings (SSSR count). The van der Waals surface area contributed by atoms with E-state index < -0.39 is 23.6 Å². The van der Waals surface area contributed by atoms with E-state index in [0.29, 0.717) is 11.3 Å². The first-order chi connectivity index (χ1) is 16.8. The number of amides is 1. The first kappa shape index (κ1) is 24.0. The second-order valence-corrected chi connectivity index (χ2v) is 7.89. The molecule has 3 aromatic rings. The zero-order chi connectivity index (χ0) is 25.0. The van der Waals surface area contributed by atoms with E-state index in [1.807, 2.05) is 0 Å². The Labute approximate surface area is 198 Å². The summed E-state index contributed by atoms with van der Waals surface area (Å²) in [5, 5.41) is 9.47. The van der Waals surface area contributed by atoms with Crippen molar-refractivity contribution in [1.82, 2.24) is 14.8 Å². The van der Waals surface area contributed by atoms with Gasteiger partial charge >= 0.3 is 12.1 Å². The van der Waals surface area contributed by atoms with Crippen LogP contribution in [0.3, 0.4) is 0 Å². The third-order valence-electron chi connectivity index (χ3n) is 5.57. The summed E-state index contributed by atoms with van der Waals surface area (Å²) < 4.78 is 45.9. The highest BCUT2D eigenvalue weighted by molar-refractivity contribution is 5.97. The standard InChI is InChI=1S/C23H23F3N6O3/c1-35-22(34)15-4-6-19(31-8-2-3-9-31)17(10-15)28-12-21(33)30-18-11-16(23(24,25)26)5-7-20(18)32-14-27-13-29-32/h4-7,10-11,13-14,28H,2-3,8-9,12H2,1H3,(H,30,33). The van der Waals surface area contributed by atoms with Crippen LogP contribution in [0.2, 0.25) is 0 Å². The Bertz CT molecular complexity index is 1210. The molecule has 9 nitrogen and oxygen atoms in total. The summed E-state index contributed by atoms with van der Waals surface area (Å²) >= 11 is 0. The SMILES string of the molecule is COC(=O)c1ccc(N2CCCC2)c(NCC(=O)Nc2cc(C(F)(F)F)ccc2-n2cncn2)c1. The van der Waals surface area contributed by atoms with Crippen molar-refractivity contribution >= 4 is 28.9 Å². The molecule has 12 heteroatoms. The number of rotatable bonds is 7. The molecule has 2 N–H and O–H groups in total. The molecule has 1 aliphatic heterocycles. The highest BCUT2D eigenvalue weighted by Gasteiger charge is 2.31. The van der Waals surface area contributed by atoms with Crippen LogP contribution in [0, 0.1) is 0 Å². The number of ether oxygens (including phenoxy) is 1. The lowest BCUT2D eigenvalue weighted by atomic mass is 10.1. The number of benzene rings is 2. The Kier molecular flexibility index (Phi) is 6.90. The number of nitrogens with zero attached hydrogens (tertiary/aromatic N) is 4. The van der Waals surface area contributed by atoms with Crippen LogP contribution in [0.25, 0.3) is 5.69 Å². The molecule has 0 radical (unpaired) electrons. The van der Waals surface area contributed by atoms with Crippen molar-refractivity contribution < 1.29 is 27.5 Å². The van der Waals surface area contributed by atoms with E-state index in [0.717, 1.165) is 43.8 Å². The predicted molar refractivity (Wildman–Crippen MR) is 123 cm³/mol. The van der Waals surface area contributed by atoms with Gasteiger partial charge in [0.2, 0.25) is 5.91 Å². The summed E-state index contributed by atoms with van der Waals surface area (Å²) in [6.07, 6.45) is 0.0201. The molecule has 1 amide bonds. The van der Waals surface area contributed by atoms with Gasteiger partial charge in [-0.3, -0.25) is 4.79 Å². The van der Waals surface area contributed by atoms with Crippen molar-refractivity contribution in [2.75, 3.05) is 42.3 Å². The largest absolute Gasteiger partial charge is 0.465 e. The van der Waals surface area contributed by atoms with E-state index in [2.05, 4.69) is 25.6 Å². The van der Waals surface area contributed by atoms with Gasteiger partial charge in [-0.25, -0.2) is 14.5 Å². The Morgan fingerprint density at radius 2 is 1.80 bits per heavy atom. The molecule has 1 fully saturated rings. The van der Waals surface area contributed by atoms with E-state index in [1.54, 1.807) is 18.2 Å². The summed E-state index contributed by atoms with van der Waals surface area (Å²) in [5.74, 6) is -1.10. The van der Waals surface area contributed by atoms with E-state index >= 15 is 0 Å². The summed E-state index contributed by atoms with van der Waals surface area (Å²) in [4.78, 5) is 30.7. The third kappa shape index (κ3) is 5.53. The van der Waals surface area contributed by atoms with Crippen LogP contribution in [0.4, 0.5) is 30.2 Å². The summed E-state index contributed by atoms with van der Waals surface area (Å²) in [6, 6.07) is 8.00. The molecular formula is C23H23F3N6O3.